The van der Waals surface area contributed by atoms with E-state index in [4.69, 9.17) is 55.9 Å². The minimum Gasteiger partial charge on any atom is -0.377 e. The predicted octanol–water partition coefficient (Wildman–Crippen LogP) is 2.46. The smallest absolute Gasteiger partial charge is 0.103 e. The molecule has 0 amide bonds. The monoisotopic (exact) mass is 280 g/mol. The van der Waals surface area contributed by atoms with Crippen molar-refractivity contribution in [1.29, 1.82) is 0 Å². The highest BCUT2D eigenvalue weighted by molar-refractivity contribution is 6.38. The minimum atomic E-state index is -0.419. The van der Waals surface area contributed by atoms with Crippen LogP contribution >= 0.6 is 46.4 Å². The van der Waals surface area contributed by atoms with Gasteiger partial charge in [0.25, 0.3) is 0 Å². The fourth-order valence-corrected chi connectivity index (χ4v) is 3.16. The Balaban J connectivity index is 2.84. The van der Waals surface area contributed by atoms with E-state index in [1.165, 1.54) is 0 Å². The fourth-order valence-electron chi connectivity index (χ4n) is 1.60. The molecule has 0 aromatic heterocycles. The fraction of sp³-hybridized carbons (Fsp3) is 1.00. The number of hydrogen-bond acceptors (Lipinski definition) is 2. The van der Waals surface area contributed by atoms with Gasteiger partial charge in [-0.25, -0.2) is 0 Å². The molecule has 1 aliphatic rings. The molecule has 0 spiro atoms. The molecule has 6 atom stereocenters. The number of methoxy groups -OCH3 is 2. The van der Waals surface area contributed by atoms with E-state index in [2.05, 4.69) is 0 Å². The normalized spacial score (nSPS) is 49.3. The summed E-state index contributed by atoms with van der Waals surface area (Å²) < 4.78 is 10.4. The van der Waals surface area contributed by atoms with Crippen LogP contribution in [0.1, 0.15) is 0 Å². The zero-order valence-corrected chi connectivity index (χ0v) is 10.8. The van der Waals surface area contributed by atoms with E-state index in [9.17, 15) is 0 Å². The first kappa shape index (κ1) is 13.1. The largest absolute Gasteiger partial charge is 0.377 e. The van der Waals surface area contributed by atoms with E-state index in [0.29, 0.717) is 0 Å². The second-order valence-electron chi connectivity index (χ2n) is 3.18. The summed E-state index contributed by atoms with van der Waals surface area (Å²) in [5.74, 6) is 0. The number of hydrogen-bond donors (Lipinski definition) is 0. The zero-order chi connectivity index (χ0) is 10.9. The Morgan fingerprint density at radius 1 is 0.643 bits per heavy atom. The van der Waals surface area contributed by atoms with Crippen molar-refractivity contribution in [3.8, 4) is 0 Å². The predicted molar refractivity (Wildman–Crippen MR) is 60.2 cm³/mol. The van der Waals surface area contributed by atoms with Crippen molar-refractivity contribution in [3.05, 3.63) is 0 Å². The van der Waals surface area contributed by atoms with E-state index in [0.717, 1.165) is 0 Å². The van der Waals surface area contributed by atoms with E-state index in [1.54, 1.807) is 14.2 Å². The van der Waals surface area contributed by atoms with Gasteiger partial charge in [0.1, 0.15) is 12.2 Å². The van der Waals surface area contributed by atoms with Crippen molar-refractivity contribution >= 4 is 46.4 Å². The van der Waals surface area contributed by atoms with Gasteiger partial charge in [0.2, 0.25) is 0 Å². The SMILES string of the molecule is COC1C(Cl)C(Cl)C(Cl)C(Cl)C1OC. The number of halogens is 4. The first-order valence-electron chi connectivity index (χ1n) is 4.16. The Hall–Kier alpha value is 1.08. The maximum Gasteiger partial charge on any atom is 0.103 e. The lowest BCUT2D eigenvalue weighted by Gasteiger charge is -2.41. The molecule has 0 saturated heterocycles. The lowest BCUT2D eigenvalue weighted by atomic mass is 9.92. The molecule has 0 aromatic rings. The van der Waals surface area contributed by atoms with E-state index in [-0.39, 0.29) is 12.2 Å². The average molecular weight is 282 g/mol. The summed E-state index contributed by atoms with van der Waals surface area (Å²) in [4.78, 5) is 0. The molecule has 0 aliphatic heterocycles. The zero-order valence-electron chi connectivity index (χ0n) is 7.79. The highest BCUT2D eigenvalue weighted by atomic mass is 35.5. The second kappa shape index (κ2) is 5.42. The van der Waals surface area contributed by atoms with Crippen LogP contribution < -0.4 is 0 Å². The quantitative estimate of drug-likeness (QED) is 0.724. The third-order valence-electron chi connectivity index (χ3n) is 2.41. The van der Waals surface area contributed by atoms with Crippen LogP contribution in [0, 0.1) is 0 Å². The van der Waals surface area contributed by atoms with Gasteiger partial charge in [-0.05, 0) is 0 Å². The molecule has 6 unspecified atom stereocenters. The van der Waals surface area contributed by atoms with Crippen LogP contribution in [0.4, 0.5) is 0 Å². The highest BCUT2D eigenvalue weighted by Crippen LogP contribution is 2.37. The molecule has 0 heterocycles. The summed E-state index contributed by atoms with van der Waals surface area (Å²) in [5, 5.41) is -1.64. The molecule has 0 aromatic carbocycles. The molecule has 1 aliphatic carbocycles. The molecule has 0 bridgehead atoms. The molecule has 1 rings (SSSR count). The number of rotatable bonds is 2. The maximum atomic E-state index is 6.09. The molecule has 84 valence electrons. The van der Waals surface area contributed by atoms with Crippen LogP contribution in [-0.4, -0.2) is 47.9 Å². The summed E-state index contributed by atoms with van der Waals surface area (Å²) in [6.07, 6.45) is -0.664. The first-order chi connectivity index (χ1) is 6.54. The highest BCUT2D eigenvalue weighted by Gasteiger charge is 2.49. The topological polar surface area (TPSA) is 18.5 Å². The van der Waals surface area contributed by atoms with Gasteiger partial charge in [-0.3, -0.25) is 0 Å². The third kappa shape index (κ3) is 2.26. The Bertz CT molecular complexity index is 172. The van der Waals surface area contributed by atoms with Crippen molar-refractivity contribution in [3.63, 3.8) is 0 Å². The van der Waals surface area contributed by atoms with Gasteiger partial charge in [0.15, 0.2) is 0 Å². The van der Waals surface area contributed by atoms with Gasteiger partial charge in [-0.1, -0.05) is 0 Å². The van der Waals surface area contributed by atoms with Crippen LogP contribution in [0.5, 0.6) is 0 Å². The summed E-state index contributed by atoms with van der Waals surface area (Å²) in [6.45, 7) is 0. The molecule has 1 saturated carbocycles. The lowest BCUT2D eigenvalue weighted by Crippen LogP contribution is -2.57. The molecule has 1 fully saturated rings. The number of alkyl halides is 4. The molecule has 0 radical (unpaired) electrons. The lowest BCUT2D eigenvalue weighted by molar-refractivity contribution is -0.0510. The molecule has 14 heavy (non-hydrogen) atoms. The molecule has 0 N–H and O–H groups in total. The molecule has 6 heteroatoms. The van der Waals surface area contributed by atoms with Gasteiger partial charge >= 0.3 is 0 Å². The summed E-state index contributed by atoms with van der Waals surface area (Å²) in [6, 6.07) is 0. The minimum absolute atomic E-state index is 0.332. The van der Waals surface area contributed by atoms with Gasteiger partial charge in [0.05, 0.1) is 21.5 Å². The van der Waals surface area contributed by atoms with Gasteiger partial charge in [-0.15, -0.1) is 46.4 Å². The standard InChI is InChI=1S/C8H12Cl4O2/c1-13-7-5(11)3(9)4(10)6(12)8(7)14-2/h3-8H,1-2H3. The second-order valence-corrected chi connectivity index (χ2v) is 5.19. The first-order valence-corrected chi connectivity index (χ1v) is 5.91. The Morgan fingerprint density at radius 3 is 1.14 bits per heavy atom. The molecule has 2 nitrogen and oxygen atoms in total. The van der Waals surface area contributed by atoms with E-state index < -0.39 is 21.5 Å². The third-order valence-corrected chi connectivity index (χ3v) is 4.92. The van der Waals surface area contributed by atoms with Gasteiger partial charge in [-0.2, -0.15) is 0 Å². The van der Waals surface area contributed by atoms with Crippen molar-refractivity contribution < 1.29 is 9.47 Å². The summed E-state index contributed by atoms with van der Waals surface area (Å²) in [5.41, 5.74) is 0. The van der Waals surface area contributed by atoms with Gasteiger partial charge in [0, 0.05) is 14.2 Å². The average Bonchev–Trinajstić information content (AvgIpc) is 2.20. The molecular weight excluding hydrogens is 270 g/mol. The maximum absolute atomic E-state index is 6.09. The molecular formula is C8H12Cl4O2. The van der Waals surface area contributed by atoms with E-state index in [1.807, 2.05) is 0 Å². The van der Waals surface area contributed by atoms with Crippen molar-refractivity contribution in [2.75, 3.05) is 14.2 Å². The number of ether oxygens (including phenoxy) is 2. The van der Waals surface area contributed by atoms with Crippen LogP contribution in [0.15, 0.2) is 0 Å². The van der Waals surface area contributed by atoms with E-state index >= 15 is 0 Å². The van der Waals surface area contributed by atoms with Crippen molar-refractivity contribution in [2.24, 2.45) is 0 Å². The summed E-state index contributed by atoms with van der Waals surface area (Å²) in [7, 11) is 3.10. The Labute approximate surface area is 104 Å². The van der Waals surface area contributed by atoms with Crippen LogP contribution in [-0.2, 0) is 9.47 Å². The Morgan fingerprint density at radius 2 is 0.929 bits per heavy atom. The van der Waals surface area contributed by atoms with Gasteiger partial charge < -0.3 is 9.47 Å². The van der Waals surface area contributed by atoms with Crippen LogP contribution in [0.3, 0.4) is 0 Å². The van der Waals surface area contributed by atoms with Crippen molar-refractivity contribution in [2.45, 2.75) is 33.7 Å². The van der Waals surface area contributed by atoms with Crippen molar-refractivity contribution in [1.82, 2.24) is 0 Å². The van der Waals surface area contributed by atoms with Crippen LogP contribution in [0.25, 0.3) is 0 Å². The summed E-state index contributed by atoms with van der Waals surface area (Å²) >= 11 is 24.2. The van der Waals surface area contributed by atoms with Crippen LogP contribution in [0.2, 0.25) is 0 Å². The Kier molecular flexibility index (Phi) is 5.09.